The van der Waals surface area contributed by atoms with Crippen LogP contribution < -0.4 is 10.6 Å². The van der Waals surface area contributed by atoms with E-state index >= 15 is 0 Å². The number of halogens is 5. The van der Waals surface area contributed by atoms with Gasteiger partial charge in [0.1, 0.15) is 5.82 Å². The highest BCUT2D eigenvalue weighted by Crippen LogP contribution is 2.42. The van der Waals surface area contributed by atoms with Crippen molar-refractivity contribution in [3.63, 3.8) is 0 Å². The molecule has 0 atom stereocenters. The van der Waals surface area contributed by atoms with Crippen molar-refractivity contribution in [3.05, 3.63) is 46.5 Å². The van der Waals surface area contributed by atoms with Crippen LogP contribution in [0.15, 0.2) is 24.3 Å². The molecule has 1 aromatic heterocycles. The van der Waals surface area contributed by atoms with E-state index in [9.17, 15) is 22.4 Å². The third-order valence-corrected chi connectivity index (χ3v) is 4.40. The van der Waals surface area contributed by atoms with Gasteiger partial charge in [0, 0.05) is 30.4 Å². The number of nitrogens with zero attached hydrogens (tertiary/aromatic N) is 2. The number of benzene rings is 1. The molecular formula is C17H17ClF4N4O. The molecule has 2 amide bonds. The van der Waals surface area contributed by atoms with Crippen LogP contribution in [0.2, 0.25) is 5.02 Å². The Labute approximate surface area is 157 Å². The van der Waals surface area contributed by atoms with Crippen molar-refractivity contribution < 1.29 is 22.4 Å². The summed E-state index contributed by atoms with van der Waals surface area (Å²) in [7, 11) is 0. The van der Waals surface area contributed by atoms with Crippen LogP contribution >= 0.6 is 11.6 Å². The third kappa shape index (κ3) is 5.12. The first-order chi connectivity index (χ1) is 12.7. The maximum atomic E-state index is 13.1. The van der Waals surface area contributed by atoms with Crippen LogP contribution in [-0.2, 0) is 12.7 Å². The topological polar surface area (TPSA) is 59.0 Å². The Morgan fingerprint density at radius 1 is 1.30 bits per heavy atom. The van der Waals surface area contributed by atoms with Crippen LogP contribution in [0.1, 0.15) is 36.6 Å². The van der Waals surface area contributed by atoms with E-state index in [1.165, 1.54) is 16.8 Å². The maximum absolute atomic E-state index is 13.1. The molecule has 0 radical (unpaired) electrons. The van der Waals surface area contributed by atoms with Crippen LogP contribution in [0, 0.1) is 5.82 Å². The number of carbonyl (C=O) groups is 1. The number of amides is 2. The second-order valence-electron chi connectivity index (χ2n) is 6.31. The second kappa shape index (κ2) is 7.75. The highest BCUT2D eigenvalue weighted by Gasteiger charge is 2.37. The van der Waals surface area contributed by atoms with E-state index in [2.05, 4.69) is 15.7 Å². The fourth-order valence-electron chi connectivity index (χ4n) is 2.64. The molecule has 0 bridgehead atoms. The summed E-state index contributed by atoms with van der Waals surface area (Å²) in [4.78, 5) is 11.8. The lowest BCUT2D eigenvalue weighted by molar-refractivity contribution is -0.141. The summed E-state index contributed by atoms with van der Waals surface area (Å²) >= 11 is 5.63. The lowest BCUT2D eigenvalue weighted by Gasteiger charge is -2.09. The molecule has 146 valence electrons. The molecule has 1 aliphatic carbocycles. The molecular weight excluding hydrogens is 388 g/mol. The molecule has 27 heavy (non-hydrogen) atoms. The van der Waals surface area contributed by atoms with Gasteiger partial charge in [-0.25, -0.2) is 9.18 Å². The van der Waals surface area contributed by atoms with E-state index < -0.39 is 23.7 Å². The van der Waals surface area contributed by atoms with Gasteiger partial charge in [0.2, 0.25) is 0 Å². The number of aryl methyl sites for hydroxylation is 1. The van der Waals surface area contributed by atoms with Crippen molar-refractivity contribution in [2.45, 2.75) is 37.9 Å². The van der Waals surface area contributed by atoms with Crippen LogP contribution in [0.25, 0.3) is 0 Å². The van der Waals surface area contributed by atoms with Crippen LogP contribution in [-0.4, -0.2) is 22.4 Å². The largest absolute Gasteiger partial charge is 0.435 e. The first-order valence-corrected chi connectivity index (χ1v) is 8.76. The molecule has 0 spiro atoms. The average molecular weight is 405 g/mol. The van der Waals surface area contributed by atoms with Gasteiger partial charge in [-0.2, -0.15) is 18.3 Å². The summed E-state index contributed by atoms with van der Waals surface area (Å²) in [5.41, 5.74) is 0.0350. The molecule has 1 aliphatic rings. The molecule has 10 heteroatoms. The number of anilines is 1. The van der Waals surface area contributed by atoms with E-state index in [-0.39, 0.29) is 24.0 Å². The quantitative estimate of drug-likeness (QED) is 0.537. The number of nitrogens with one attached hydrogen (secondary N) is 2. The second-order valence-corrected chi connectivity index (χ2v) is 6.72. The van der Waals surface area contributed by atoms with Crippen LogP contribution in [0.5, 0.6) is 0 Å². The number of hydrogen-bond donors (Lipinski definition) is 2. The zero-order valence-electron chi connectivity index (χ0n) is 14.1. The highest BCUT2D eigenvalue weighted by atomic mass is 35.5. The van der Waals surface area contributed by atoms with Crippen molar-refractivity contribution in [1.29, 1.82) is 0 Å². The predicted molar refractivity (Wildman–Crippen MR) is 92.3 cm³/mol. The summed E-state index contributed by atoms with van der Waals surface area (Å²) < 4.78 is 53.0. The van der Waals surface area contributed by atoms with E-state index in [0.29, 0.717) is 17.8 Å². The van der Waals surface area contributed by atoms with Crippen molar-refractivity contribution in [3.8, 4) is 0 Å². The summed E-state index contributed by atoms with van der Waals surface area (Å²) in [6.45, 7) is 0.511. The Kier molecular flexibility index (Phi) is 5.59. The van der Waals surface area contributed by atoms with Gasteiger partial charge < -0.3 is 10.6 Å². The van der Waals surface area contributed by atoms with Crippen LogP contribution in [0.4, 0.5) is 28.0 Å². The number of carbonyl (C=O) groups excluding carboxylic acids is 1. The Morgan fingerprint density at radius 3 is 2.67 bits per heavy atom. The molecule has 1 heterocycles. The normalized spacial score (nSPS) is 14.3. The molecule has 0 saturated heterocycles. The van der Waals surface area contributed by atoms with Gasteiger partial charge in [0.05, 0.1) is 5.02 Å². The Morgan fingerprint density at radius 2 is 2.04 bits per heavy atom. The average Bonchev–Trinajstić information content (AvgIpc) is 3.33. The van der Waals surface area contributed by atoms with Crippen molar-refractivity contribution in [2.24, 2.45) is 0 Å². The fraction of sp³-hybridized carbons (Fsp3) is 0.412. The zero-order chi connectivity index (χ0) is 19.6. The molecule has 0 aliphatic heterocycles. The third-order valence-electron chi connectivity index (χ3n) is 4.11. The van der Waals surface area contributed by atoms with Gasteiger partial charge in [-0.3, -0.25) is 4.68 Å². The Hall–Kier alpha value is -2.29. The molecule has 1 fully saturated rings. The van der Waals surface area contributed by atoms with E-state index in [1.54, 1.807) is 0 Å². The van der Waals surface area contributed by atoms with Gasteiger partial charge >= 0.3 is 12.2 Å². The summed E-state index contributed by atoms with van der Waals surface area (Å²) in [5.74, 6) is -0.459. The number of hydrogen-bond acceptors (Lipinski definition) is 2. The van der Waals surface area contributed by atoms with Gasteiger partial charge in [-0.15, -0.1) is 0 Å². The first-order valence-electron chi connectivity index (χ1n) is 8.39. The number of alkyl halides is 3. The minimum atomic E-state index is -4.47. The van der Waals surface area contributed by atoms with Crippen molar-refractivity contribution >= 4 is 23.3 Å². The molecule has 2 N–H and O–H groups in total. The highest BCUT2D eigenvalue weighted by molar-refractivity contribution is 6.31. The Bertz CT molecular complexity index is 833. The van der Waals surface area contributed by atoms with Gasteiger partial charge in [0.25, 0.3) is 0 Å². The van der Waals surface area contributed by atoms with Crippen molar-refractivity contribution in [2.75, 3.05) is 11.9 Å². The summed E-state index contributed by atoms with van der Waals surface area (Å²) in [6, 6.07) is 4.37. The van der Waals surface area contributed by atoms with E-state index in [1.807, 2.05) is 0 Å². The molecule has 5 nitrogen and oxygen atoms in total. The molecule has 1 aromatic carbocycles. The van der Waals surface area contributed by atoms with E-state index in [4.69, 9.17) is 11.6 Å². The fourth-order valence-corrected chi connectivity index (χ4v) is 2.82. The van der Waals surface area contributed by atoms with Gasteiger partial charge in [0.15, 0.2) is 5.69 Å². The molecule has 2 aromatic rings. The predicted octanol–water partition coefficient (Wildman–Crippen LogP) is 4.78. The summed E-state index contributed by atoms with van der Waals surface area (Å²) in [6.07, 6.45) is -2.33. The number of rotatable bonds is 6. The minimum Gasteiger partial charge on any atom is -0.338 e. The van der Waals surface area contributed by atoms with E-state index in [0.717, 1.165) is 25.0 Å². The van der Waals surface area contributed by atoms with Gasteiger partial charge in [-0.05, 0) is 43.5 Å². The monoisotopic (exact) mass is 404 g/mol. The standard InChI is InChI=1S/C17H17ClF4N4O/c18-12-8-11(4-5-13(12)19)24-16(27)23-6-1-7-26-14(10-2-3-10)9-15(25-26)17(20,21)22/h4-5,8-10H,1-3,6-7H2,(H2,23,24,27). The maximum Gasteiger partial charge on any atom is 0.435 e. The van der Waals surface area contributed by atoms with Crippen molar-refractivity contribution in [1.82, 2.24) is 15.1 Å². The molecule has 0 unspecified atom stereocenters. The summed E-state index contributed by atoms with van der Waals surface area (Å²) in [5, 5.41) is 8.63. The lowest BCUT2D eigenvalue weighted by Crippen LogP contribution is -2.30. The number of urea groups is 1. The minimum absolute atomic E-state index is 0.112. The van der Waals surface area contributed by atoms with Gasteiger partial charge in [-0.1, -0.05) is 11.6 Å². The smallest absolute Gasteiger partial charge is 0.338 e. The SMILES string of the molecule is O=C(NCCCn1nc(C(F)(F)F)cc1C1CC1)Nc1ccc(F)c(Cl)c1. The van der Waals surface area contributed by atoms with Crippen LogP contribution in [0.3, 0.4) is 0 Å². The lowest BCUT2D eigenvalue weighted by atomic mass is 10.2. The molecule has 3 rings (SSSR count). The first kappa shape index (κ1) is 19.5. The zero-order valence-corrected chi connectivity index (χ0v) is 14.9. The Balaban J connectivity index is 1.49. The molecule has 1 saturated carbocycles. The number of aromatic nitrogens is 2.